The van der Waals surface area contributed by atoms with Gasteiger partial charge in [-0.1, -0.05) is 23.7 Å². The first-order chi connectivity index (χ1) is 13.6. The highest BCUT2D eigenvalue weighted by atomic mass is 35.5. The molecule has 1 saturated heterocycles. The normalized spacial score (nSPS) is 15.0. The number of nitrogens with one attached hydrogen (secondary N) is 1. The number of ether oxygens (including phenoxy) is 1. The first-order valence-electron chi connectivity index (χ1n) is 9.03. The van der Waals surface area contributed by atoms with E-state index in [0.717, 1.165) is 28.4 Å². The number of halogens is 1. The maximum atomic E-state index is 12.5. The number of carbonyl (C=O) groups is 1. The molecule has 0 aliphatic carbocycles. The van der Waals surface area contributed by atoms with Crippen LogP contribution in [0, 0.1) is 0 Å². The SMILES string of the molecule is O=C(NCc1ccc(Cl)cc1)c1cnc2sc(CN3CCOCC3)c(O)c2c1. The molecule has 0 saturated carbocycles. The quantitative estimate of drug-likeness (QED) is 0.665. The van der Waals surface area contributed by atoms with Crippen LogP contribution in [0.5, 0.6) is 5.75 Å². The molecule has 1 aliphatic heterocycles. The number of benzene rings is 1. The molecule has 3 aromatic rings. The highest BCUT2D eigenvalue weighted by molar-refractivity contribution is 7.19. The molecule has 8 heteroatoms. The molecule has 3 heterocycles. The van der Waals surface area contributed by atoms with Crippen LogP contribution in [0.25, 0.3) is 10.2 Å². The minimum absolute atomic E-state index is 0.214. The fourth-order valence-electron chi connectivity index (χ4n) is 3.10. The number of amides is 1. The van der Waals surface area contributed by atoms with Crippen LogP contribution in [-0.2, 0) is 17.8 Å². The van der Waals surface area contributed by atoms with Crippen molar-refractivity contribution in [3.8, 4) is 5.75 Å². The number of hydrogen-bond donors (Lipinski definition) is 2. The molecule has 0 radical (unpaired) electrons. The zero-order chi connectivity index (χ0) is 19.5. The van der Waals surface area contributed by atoms with Gasteiger partial charge in [-0.15, -0.1) is 11.3 Å². The molecule has 2 N–H and O–H groups in total. The van der Waals surface area contributed by atoms with E-state index in [1.807, 2.05) is 12.1 Å². The first kappa shape index (κ1) is 19.1. The molecule has 0 spiro atoms. The first-order valence-corrected chi connectivity index (χ1v) is 10.2. The summed E-state index contributed by atoms with van der Waals surface area (Å²) in [7, 11) is 0. The van der Waals surface area contributed by atoms with Crippen molar-refractivity contribution in [2.45, 2.75) is 13.1 Å². The van der Waals surface area contributed by atoms with E-state index >= 15 is 0 Å². The molecule has 1 aliphatic rings. The van der Waals surface area contributed by atoms with Gasteiger partial charge in [-0.05, 0) is 23.8 Å². The van der Waals surface area contributed by atoms with E-state index in [-0.39, 0.29) is 11.7 Å². The van der Waals surface area contributed by atoms with Crippen molar-refractivity contribution < 1.29 is 14.6 Å². The van der Waals surface area contributed by atoms with Gasteiger partial charge in [0.15, 0.2) is 0 Å². The number of morpholine rings is 1. The second kappa shape index (κ2) is 8.45. The van der Waals surface area contributed by atoms with Gasteiger partial charge in [0.1, 0.15) is 10.6 Å². The van der Waals surface area contributed by atoms with Crippen LogP contribution in [0.15, 0.2) is 36.5 Å². The van der Waals surface area contributed by atoms with E-state index < -0.39 is 0 Å². The van der Waals surface area contributed by atoms with Gasteiger partial charge in [0.25, 0.3) is 5.91 Å². The van der Waals surface area contributed by atoms with Gasteiger partial charge in [-0.2, -0.15) is 0 Å². The number of pyridine rings is 1. The van der Waals surface area contributed by atoms with Gasteiger partial charge in [0.05, 0.1) is 29.0 Å². The topological polar surface area (TPSA) is 74.7 Å². The number of fused-ring (bicyclic) bond motifs is 1. The Bertz CT molecular complexity index is 984. The van der Waals surface area contributed by atoms with Crippen molar-refractivity contribution >= 4 is 39.1 Å². The summed E-state index contributed by atoms with van der Waals surface area (Å²) in [6.07, 6.45) is 1.55. The molecule has 6 nitrogen and oxygen atoms in total. The second-order valence-corrected chi connectivity index (χ2v) is 8.17. The maximum absolute atomic E-state index is 12.5. The number of aromatic nitrogens is 1. The van der Waals surface area contributed by atoms with Crippen LogP contribution in [0.4, 0.5) is 0 Å². The Morgan fingerprint density at radius 2 is 2.04 bits per heavy atom. The molecule has 2 aromatic heterocycles. The smallest absolute Gasteiger partial charge is 0.253 e. The summed E-state index contributed by atoms with van der Waals surface area (Å²) in [5.41, 5.74) is 1.38. The van der Waals surface area contributed by atoms with Gasteiger partial charge in [0, 0.05) is 37.4 Å². The van der Waals surface area contributed by atoms with E-state index in [9.17, 15) is 9.90 Å². The van der Waals surface area contributed by atoms with Crippen molar-refractivity contribution in [2.75, 3.05) is 26.3 Å². The molecule has 1 amide bonds. The van der Waals surface area contributed by atoms with Crippen LogP contribution < -0.4 is 5.32 Å². The fourth-order valence-corrected chi connectivity index (χ4v) is 4.28. The van der Waals surface area contributed by atoms with Crippen molar-refractivity contribution in [3.05, 3.63) is 57.6 Å². The Morgan fingerprint density at radius 3 is 2.79 bits per heavy atom. The zero-order valence-corrected chi connectivity index (χ0v) is 16.7. The van der Waals surface area contributed by atoms with Gasteiger partial charge < -0.3 is 15.2 Å². The molecular weight excluding hydrogens is 398 g/mol. The number of thiophene rings is 1. The summed E-state index contributed by atoms with van der Waals surface area (Å²) >= 11 is 7.34. The van der Waals surface area contributed by atoms with Crippen LogP contribution >= 0.6 is 22.9 Å². The highest BCUT2D eigenvalue weighted by Crippen LogP contribution is 2.37. The molecule has 0 atom stereocenters. The number of nitrogens with zero attached hydrogens (tertiary/aromatic N) is 2. The molecule has 1 fully saturated rings. The molecule has 4 rings (SSSR count). The van der Waals surface area contributed by atoms with E-state index in [1.54, 1.807) is 24.4 Å². The fraction of sp³-hybridized carbons (Fsp3) is 0.300. The monoisotopic (exact) mass is 417 g/mol. The third kappa shape index (κ3) is 4.28. The minimum Gasteiger partial charge on any atom is -0.506 e. The van der Waals surface area contributed by atoms with Crippen LogP contribution in [0.2, 0.25) is 5.02 Å². The minimum atomic E-state index is -0.232. The van der Waals surface area contributed by atoms with Gasteiger partial charge in [0.2, 0.25) is 0 Å². The second-order valence-electron chi connectivity index (χ2n) is 6.65. The van der Waals surface area contributed by atoms with Gasteiger partial charge >= 0.3 is 0 Å². The molecule has 28 heavy (non-hydrogen) atoms. The van der Waals surface area contributed by atoms with Gasteiger partial charge in [-0.25, -0.2) is 4.98 Å². The summed E-state index contributed by atoms with van der Waals surface area (Å²) < 4.78 is 5.37. The molecule has 1 aromatic carbocycles. The molecular formula is C20H20ClN3O3S. The number of carbonyl (C=O) groups excluding carboxylic acids is 1. The van der Waals surface area contributed by atoms with Crippen molar-refractivity contribution in [2.24, 2.45) is 0 Å². The van der Waals surface area contributed by atoms with E-state index in [4.69, 9.17) is 16.3 Å². The van der Waals surface area contributed by atoms with Crippen LogP contribution in [0.3, 0.4) is 0 Å². The average molecular weight is 418 g/mol. The Kier molecular flexibility index (Phi) is 5.77. The maximum Gasteiger partial charge on any atom is 0.253 e. The van der Waals surface area contributed by atoms with Crippen molar-refractivity contribution in [1.29, 1.82) is 0 Å². The van der Waals surface area contributed by atoms with Crippen LogP contribution in [0.1, 0.15) is 20.8 Å². The Hall–Kier alpha value is -2.19. The number of hydrogen-bond acceptors (Lipinski definition) is 6. The Labute approximate surface area is 171 Å². The number of aromatic hydroxyl groups is 1. The summed E-state index contributed by atoms with van der Waals surface area (Å²) in [6, 6.07) is 9.01. The van der Waals surface area contributed by atoms with Gasteiger partial charge in [-0.3, -0.25) is 9.69 Å². The third-order valence-electron chi connectivity index (χ3n) is 4.69. The van der Waals surface area contributed by atoms with Crippen LogP contribution in [-0.4, -0.2) is 47.2 Å². The Morgan fingerprint density at radius 1 is 1.29 bits per heavy atom. The predicted octanol–water partition coefficient (Wildman–Crippen LogP) is 3.42. The van der Waals surface area contributed by atoms with Crippen molar-refractivity contribution in [1.82, 2.24) is 15.2 Å². The van der Waals surface area contributed by atoms with E-state index in [1.165, 1.54) is 11.3 Å². The lowest BCUT2D eigenvalue weighted by Gasteiger charge is -2.25. The van der Waals surface area contributed by atoms with E-state index in [2.05, 4.69) is 15.2 Å². The summed E-state index contributed by atoms with van der Waals surface area (Å²) in [4.78, 5) is 20.7. The standard InChI is InChI=1S/C20H20ClN3O3S/c21-15-3-1-13(2-4-15)10-22-19(26)14-9-16-18(25)17(28-20(16)23-11-14)12-24-5-7-27-8-6-24/h1-4,9,11,25H,5-8,10,12H2,(H,22,26). The molecule has 0 unspecified atom stereocenters. The molecule has 0 bridgehead atoms. The Balaban J connectivity index is 1.47. The summed E-state index contributed by atoms with van der Waals surface area (Å²) in [6.45, 7) is 4.17. The average Bonchev–Trinajstić information content (AvgIpc) is 3.03. The van der Waals surface area contributed by atoms with E-state index in [0.29, 0.717) is 42.3 Å². The van der Waals surface area contributed by atoms with Crippen molar-refractivity contribution in [3.63, 3.8) is 0 Å². The lowest BCUT2D eigenvalue weighted by molar-refractivity contribution is 0.0344. The third-order valence-corrected chi connectivity index (χ3v) is 6.03. The lowest BCUT2D eigenvalue weighted by atomic mass is 10.2. The largest absolute Gasteiger partial charge is 0.506 e. The zero-order valence-electron chi connectivity index (χ0n) is 15.2. The molecule has 146 valence electrons. The number of rotatable bonds is 5. The lowest BCUT2D eigenvalue weighted by Crippen LogP contribution is -2.35. The predicted molar refractivity (Wildman–Crippen MR) is 110 cm³/mol. The summed E-state index contributed by atoms with van der Waals surface area (Å²) in [5, 5.41) is 14.8. The summed E-state index contributed by atoms with van der Waals surface area (Å²) in [5.74, 6) is -0.0176. The highest BCUT2D eigenvalue weighted by Gasteiger charge is 2.18.